The number of nitrogens with two attached hydrogens (primary N) is 1. The third-order valence-electron chi connectivity index (χ3n) is 3.19. The van der Waals surface area contributed by atoms with E-state index >= 15 is 0 Å². The highest BCUT2D eigenvalue weighted by Crippen LogP contribution is 2.32. The van der Waals surface area contributed by atoms with Gasteiger partial charge in [0.1, 0.15) is 11.5 Å². The first-order chi connectivity index (χ1) is 7.74. The Labute approximate surface area is 94.2 Å². The molecule has 0 fully saturated rings. The number of rotatable bonds is 1. The topological polar surface area (TPSA) is 52.0 Å². The normalized spacial score (nSPS) is 18.8. The van der Waals surface area contributed by atoms with Gasteiger partial charge in [0.2, 0.25) is 0 Å². The quantitative estimate of drug-likeness (QED) is 0.793. The lowest BCUT2D eigenvalue weighted by atomic mass is 10.0. The summed E-state index contributed by atoms with van der Waals surface area (Å²) in [5, 5.41) is 4.02. The maximum atomic E-state index is 6.01. The van der Waals surface area contributed by atoms with Gasteiger partial charge in [-0.1, -0.05) is 17.3 Å². The Morgan fingerprint density at radius 1 is 1.38 bits per heavy atom. The minimum Gasteiger partial charge on any atom is -0.361 e. The lowest BCUT2D eigenvalue weighted by Gasteiger charge is -2.05. The molecule has 1 heterocycles. The van der Waals surface area contributed by atoms with Gasteiger partial charge in [0, 0.05) is 17.7 Å². The summed E-state index contributed by atoms with van der Waals surface area (Å²) in [5.41, 5.74) is 10.7. The number of nitrogens with zero attached hydrogens (tertiary/aromatic N) is 1. The molecule has 1 aromatic heterocycles. The zero-order valence-corrected chi connectivity index (χ0v) is 9.23. The third kappa shape index (κ3) is 1.44. The highest BCUT2D eigenvalue weighted by Gasteiger charge is 2.19. The SMILES string of the molecule is Cc1cc(-c2ccc3c(c2)CC[C@H]3N)no1. The first-order valence-electron chi connectivity index (χ1n) is 5.56. The summed E-state index contributed by atoms with van der Waals surface area (Å²) in [4.78, 5) is 0. The Morgan fingerprint density at radius 2 is 2.25 bits per heavy atom. The van der Waals surface area contributed by atoms with Crippen molar-refractivity contribution in [3.63, 3.8) is 0 Å². The maximum absolute atomic E-state index is 6.01. The second-order valence-electron chi connectivity index (χ2n) is 4.38. The van der Waals surface area contributed by atoms with Crippen LogP contribution in [0.4, 0.5) is 0 Å². The van der Waals surface area contributed by atoms with Gasteiger partial charge in [0.05, 0.1) is 0 Å². The van der Waals surface area contributed by atoms with Crippen LogP contribution in [0.25, 0.3) is 11.3 Å². The van der Waals surface area contributed by atoms with Gasteiger partial charge in [-0.3, -0.25) is 0 Å². The molecule has 0 radical (unpaired) electrons. The fraction of sp³-hybridized carbons (Fsp3) is 0.308. The van der Waals surface area contributed by atoms with Crippen LogP contribution >= 0.6 is 0 Å². The van der Waals surface area contributed by atoms with E-state index in [-0.39, 0.29) is 6.04 Å². The van der Waals surface area contributed by atoms with E-state index in [4.69, 9.17) is 10.3 Å². The number of hydrogen-bond acceptors (Lipinski definition) is 3. The van der Waals surface area contributed by atoms with Crippen LogP contribution in [0, 0.1) is 6.92 Å². The summed E-state index contributed by atoms with van der Waals surface area (Å²) < 4.78 is 5.08. The van der Waals surface area contributed by atoms with Crippen LogP contribution in [0.3, 0.4) is 0 Å². The number of aromatic nitrogens is 1. The molecule has 1 aromatic carbocycles. The van der Waals surface area contributed by atoms with Gasteiger partial charge < -0.3 is 10.3 Å². The molecule has 0 saturated carbocycles. The van der Waals surface area contributed by atoms with Crippen molar-refractivity contribution < 1.29 is 4.52 Å². The molecule has 3 rings (SSSR count). The molecule has 3 nitrogen and oxygen atoms in total. The maximum Gasteiger partial charge on any atom is 0.134 e. The van der Waals surface area contributed by atoms with Gasteiger partial charge in [0.15, 0.2) is 0 Å². The molecule has 0 saturated heterocycles. The minimum atomic E-state index is 0.211. The number of aryl methyl sites for hydroxylation is 2. The lowest BCUT2D eigenvalue weighted by Crippen LogP contribution is -2.04. The Kier molecular flexibility index (Phi) is 2.07. The lowest BCUT2D eigenvalue weighted by molar-refractivity contribution is 0.399. The van der Waals surface area contributed by atoms with Crippen molar-refractivity contribution >= 4 is 0 Å². The van der Waals surface area contributed by atoms with Crippen molar-refractivity contribution in [1.29, 1.82) is 0 Å². The van der Waals surface area contributed by atoms with Gasteiger partial charge in [-0.15, -0.1) is 0 Å². The second kappa shape index (κ2) is 3.46. The van der Waals surface area contributed by atoms with Crippen LogP contribution in [-0.4, -0.2) is 5.16 Å². The molecule has 1 aliphatic rings. The minimum absolute atomic E-state index is 0.211. The first kappa shape index (κ1) is 9.60. The van der Waals surface area contributed by atoms with Gasteiger partial charge >= 0.3 is 0 Å². The van der Waals surface area contributed by atoms with E-state index in [1.165, 1.54) is 11.1 Å². The van der Waals surface area contributed by atoms with Crippen molar-refractivity contribution in [2.45, 2.75) is 25.8 Å². The fourth-order valence-electron chi connectivity index (χ4n) is 2.31. The number of fused-ring (bicyclic) bond motifs is 1. The predicted octanol–water partition coefficient (Wildman–Crippen LogP) is 2.60. The summed E-state index contributed by atoms with van der Waals surface area (Å²) in [6.07, 6.45) is 2.12. The Bertz CT molecular complexity index is 530. The second-order valence-corrected chi connectivity index (χ2v) is 4.38. The molecule has 0 spiro atoms. The van der Waals surface area contributed by atoms with Crippen LogP contribution in [-0.2, 0) is 6.42 Å². The van der Waals surface area contributed by atoms with Crippen LogP contribution < -0.4 is 5.73 Å². The molecule has 0 unspecified atom stereocenters. The molecule has 0 bridgehead atoms. The number of hydrogen-bond donors (Lipinski definition) is 1. The molecular formula is C13H14N2O. The van der Waals surface area contributed by atoms with Gasteiger partial charge in [-0.05, 0) is 37.0 Å². The van der Waals surface area contributed by atoms with Crippen molar-refractivity contribution in [2.75, 3.05) is 0 Å². The zero-order chi connectivity index (χ0) is 11.1. The number of benzene rings is 1. The average molecular weight is 214 g/mol. The van der Waals surface area contributed by atoms with Crippen LogP contribution in [0.5, 0.6) is 0 Å². The van der Waals surface area contributed by atoms with Gasteiger partial charge in [0.25, 0.3) is 0 Å². The summed E-state index contributed by atoms with van der Waals surface area (Å²) in [7, 11) is 0. The van der Waals surface area contributed by atoms with E-state index in [2.05, 4.69) is 23.4 Å². The van der Waals surface area contributed by atoms with Crippen LogP contribution in [0.15, 0.2) is 28.8 Å². The van der Waals surface area contributed by atoms with E-state index in [0.29, 0.717) is 0 Å². The Morgan fingerprint density at radius 3 is 3.00 bits per heavy atom. The molecule has 0 aliphatic heterocycles. The van der Waals surface area contributed by atoms with E-state index in [0.717, 1.165) is 29.9 Å². The van der Waals surface area contributed by atoms with E-state index < -0.39 is 0 Å². The highest BCUT2D eigenvalue weighted by atomic mass is 16.5. The fourth-order valence-corrected chi connectivity index (χ4v) is 2.31. The molecule has 1 atom stereocenters. The molecule has 0 amide bonds. The Balaban J connectivity index is 2.05. The van der Waals surface area contributed by atoms with Crippen molar-refractivity contribution in [3.05, 3.63) is 41.2 Å². The van der Waals surface area contributed by atoms with Crippen molar-refractivity contribution in [3.8, 4) is 11.3 Å². The van der Waals surface area contributed by atoms with Crippen LogP contribution in [0.1, 0.15) is 29.3 Å². The standard InChI is InChI=1S/C13H14N2O/c1-8-6-13(15-16-8)10-2-4-11-9(7-10)3-5-12(11)14/h2,4,6-7,12H,3,5,14H2,1H3/t12-/m1/s1. The molecule has 82 valence electrons. The van der Waals surface area contributed by atoms with Crippen LogP contribution in [0.2, 0.25) is 0 Å². The summed E-state index contributed by atoms with van der Waals surface area (Å²) in [6, 6.07) is 8.53. The predicted molar refractivity (Wildman–Crippen MR) is 61.9 cm³/mol. The van der Waals surface area contributed by atoms with Gasteiger partial charge in [-0.2, -0.15) is 0 Å². The van der Waals surface area contributed by atoms with E-state index in [1.807, 2.05) is 13.0 Å². The summed E-state index contributed by atoms with van der Waals surface area (Å²) in [6.45, 7) is 1.90. The molecule has 2 aromatic rings. The molecule has 2 N–H and O–H groups in total. The molecular weight excluding hydrogens is 200 g/mol. The van der Waals surface area contributed by atoms with E-state index in [9.17, 15) is 0 Å². The van der Waals surface area contributed by atoms with Crippen molar-refractivity contribution in [2.24, 2.45) is 5.73 Å². The third-order valence-corrected chi connectivity index (χ3v) is 3.19. The van der Waals surface area contributed by atoms with E-state index in [1.54, 1.807) is 0 Å². The highest BCUT2D eigenvalue weighted by molar-refractivity contribution is 5.61. The largest absolute Gasteiger partial charge is 0.361 e. The Hall–Kier alpha value is -1.61. The molecule has 1 aliphatic carbocycles. The molecule has 16 heavy (non-hydrogen) atoms. The average Bonchev–Trinajstić information content (AvgIpc) is 2.86. The zero-order valence-electron chi connectivity index (χ0n) is 9.23. The van der Waals surface area contributed by atoms with Gasteiger partial charge in [-0.25, -0.2) is 0 Å². The molecule has 3 heteroatoms. The van der Waals surface area contributed by atoms with Crippen molar-refractivity contribution in [1.82, 2.24) is 5.16 Å². The first-order valence-corrected chi connectivity index (χ1v) is 5.56. The summed E-state index contributed by atoms with van der Waals surface area (Å²) >= 11 is 0. The summed E-state index contributed by atoms with van der Waals surface area (Å²) in [5.74, 6) is 0.840. The smallest absolute Gasteiger partial charge is 0.134 e. The monoisotopic (exact) mass is 214 g/mol.